The molecule has 8 nitrogen and oxygen atoms in total. The summed E-state index contributed by atoms with van der Waals surface area (Å²) in [4.78, 5) is 25.9. The van der Waals surface area contributed by atoms with E-state index in [0.29, 0.717) is 37.4 Å². The van der Waals surface area contributed by atoms with Gasteiger partial charge >= 0.3 is 12.3 Å². The fourth-order valence-corrected chi connectivity index (χ4v) is 3.51. The number of hydrogen-bond donors (Lipinski definition) is 1. The average Bonchev–Trinajstić information content (AvgIpc) is 3.09. The number of piperidine rings is 1. The number of alkyl carbamates (subject to hydrolysis) is 1. The Bertz CT molecular complexity index is 952. The third-order valence-electron chi connectivity index (χ3n) is 4.90. The summed E-state index contributed by atoms with van der Waals surface area (Å²) in [5.41, 5.74) is -1.08. The number of likely N-dealkylation sites (tertiary alicyclic amines) is 1. The van der Waals surface area contributed by atoms with Gasteiger partial charge in [-0.15, -0.1) is 10.2 Å². The van der Waals surface area contributed by atoms with Crippen molar-refractivity contribution in [2.24, 2.45) is 0 Å². The molecule has 1 saturated heterocycles. The minimum absolute atomic E-state index is 0.102. The molecule has 11 heteroatoms. The van der Waals surface area contributed by atoms with Gasteiger partial charge in [0, 0.05) is 38.2 Å². The van der Waals surface area contributed by atoms with Crippen molar-refractivity contribution in [2.75, 3.05) is 19.6 Å². The number of rotatable bonds is 4. The second-order valence-corrected chi connectivity index (χ2v) is 8.56. The van der Waals surface area contributed by atoms with Crippen molar-refractivity contribution in [3.8, 4) is 0 Å². The molecule has 170 valence electrons. The molecule has 1 aliphatic rings. The first-order valence-corrected chi connectivity index (χ1v) is 10.1. The van der Waals surface area contributed by atoms with Gasteiger partial charge < -0.3 is 15.0 Å². The van der Waals surface area contributed by atoms with E-state index in [1.54, 1.807) is 25.7 Å². The zero-order chi connectivity index (χ0) is 22.8. The van der Waals surface area contributed by atoms with E-state index in [9.17, 15) is 22.8 Å². The Labute approximate surface area is 177 Å². The first kappa shape index (κ1) is 22.8. The van der Waals surface area contributed by atoms with Crippen LogP contribution in [-0.4, -0.2) is 56.7 Å². The molecule has 0 radical (unpaired) electrons. The summed E-state index contributed by atoms with van der Waals surface area (Å²) in [6.45, 7) is 6.26. The van der Waals surface area contributed by atoms with Crippen LogP contribution in [0.1, 0.15) is 57.3 Å². The largest absolute Gasteiger partial charge is 0.444 e. The van der Waals surface area contributed by atoms with Crippen molar-refractivity contribution in [3.05, 3.63) is 29.7 Å². The van der Waals surface area contributed by atoms with E-state index in [1.165, 1.54) is 10.5 Å². The number of carbonyl (C=O) groups excluding carboxylic acids is 2. The van der Waals surface area contributed by atoms with Gasteiger partial charge in [0.15, 0.2) is 5.65 Å². The van der Waals surface area contributed by atoms with Crippen LogP contribution in [0, 0.1) is 0 Å². The number of pyridine rings is 1. The second-order valence-electron chi connectivity index (χ2n) is 8.56. The first-order valence-electron chi connectivity index (χ1n) is 10.1. The number of nitrogens with one attached hydrogen (secondary N) is 1. The highest BCUT2D eigenvalue weighted by molar-refractivity contribution is 5.77. The number of fused-ring (bicyclic) bond motifs is 1. The van der Waals surface area contributed by atoms with Crippen molar-refractivity contribution in [1.29, 1.82) is 0 Å². The van der Waals surface area contributed by atoms with E-state index in [0.717, 1.165) is 12.3 Å². The Morgan fingerprint density at radius 1 is 1.23 bits per heavy atom. The van der Waals surface area contributed by atoms with Crippen LogP contribution in [0.4, 0.5) is 18.0 Å². The maximum absolute atomic E-state index is 13.1. The molecule has 0 aliphatic carbocycles. The summed E-state index contributed by atoms with van der Waals surface area (Å²) >= 11 is 0. The number of ether oxygens (including phenoxy) is 1. The lowest BCUT2D eigenvalue weighted by Gasteiger charge is -2.32. The standard InChI is InChI=1S/C20H26F3N5O3/c1-19(2,3)31-18(30)24-9-8-16(29)27-10-4-5-13(11-27)17-26-25-15-7-6-14(12-28(15)17)20(21,22)23/h6-7,12-13H,4-5,8-11H2,1-3H3,(H,24,30). The number of aromatic nitrogens is 3. The van der Waals surface area contributed by atoms with E-state index in [1.807, 2.05) is 0 Å². The molecule has 1 aliphatic heterocycles. The highest BCUT2D eigenvalue weighted by Gasteiger charge is 2.32. The molecule has 2 aromatic heterocycles. The van der Waals surface area contributed by atoms with Crippen LogP contribution in [0.3, 0.4) is 0 Å². The molecule has 0 bridgehead atoms. The van der Waals surface area contributed by atoms with Gasteiger partial charge in [0.05, 0.1) is 5.56 Å². The van der Waals surface area contributed by atoms with Crippen LogP contribution < -0.4 is 5.32 Å². The zero-order valence-corrected chi connectivity index (χ0v) is 17.7. The smallest absolute Gasteiger partial charge is 0.417 e. The summed E-state index contributed by atoms with van der Waals surface area (Å²) in [5.74, 6) is 0.0334. The number of halogens is 3. The lowest BCUT2D eigenvalue weighted by Crippen LogP contribution is -2.41. The minimum Gasteiger partial charge on any atom is -0.444 e. The molecular formula is C20H26F3N5O3. The van der Waals surface area contributed by atoms with Crippen LogP contribution in [0.2, 0.25) is 0 Å². The van der Waals surface area contributed by atoms with Crippen LogP contribution in [0.25, 0.3) is 5.65 Å². The summed E-state index contributed by atoms with van der Waals surface area (Å²) in [7, 11) is 0. The third-order valence-corrected chi connectivity index (χ3v) is 4.90. The second kappa shape index (κ2) is 8.72. The molecule has 31 heavy (non-hydrogen) atoms. The van der Waals surface area contributed by atoms with E-state index in [-0.39, 0.29) is 24.8 Å². The van der Waals surface area contributed by atoms with Gasteiger partial charge in [-0.2, -0.15) is 13.2 Å². The molecule has 1 N–H and O–H groups in total. The number of hydrogen-bond acceptors (Lipinski definition) is 5. The van der Waals surface area contributed by atoms with Crippen LogP contribution in [-0.2, 0) is 15.7 Å². The van der Waals surface area contributed by atoms with E-state index in [2.05, 4.69) is 15.5 Å². The highest BCUT2D eigenvalue weighted by Crippen LogP contribution is 2.31. The average molecular weight is 441 g/mol. The number of amides is 2. The van der Waals surface area contributed by atoms with Crippen LogP contribution >= 0.6 is 0 Å². The highest BCUT2D eigenvalue weighted by atomic mass is 19.4. The predicted molar refractivity (Wildman–Crippen MR) is 105 cm³/mol. The van der Waals surface area contributed by atoms with E-state index < -0.39 is 23.4 Å². The Hall–Kier alpha value is -2.85. The number of alkyl halides is 3. The molecule has 3 heterocycles. The maximum Gasteiger partial charge on any atom is 0.417 e. The molecule has 1 atom stereocenters. The van der Waals surface area contributed by atoms with Gasteiger partial charge in [-0.1, -0.05) is 0 Å². The Morgan fingerprint density at radius 2 is 1.97 bits per heavy atom. The molecule has 0 saturated carbocycles. The molecule has 0 spiro atoms. The van der Waals surface area contributed by atoms with Crippen molar-refractivity contribution in [1.82, 2.24) is 24.8 Å². The van der Waals surface area contributed by atoms with Gasteiger partial charge in [0.25, 0.3) is 0 Å². The maximum atomic E-state index is 13.1. The summed E-state index contributed by atoms with van der Waals surface area (Å²) in [5, 5.41) is 10.6. The van der Waals surface area contributed by atoms with Crippen molar-refractivity contribution < 1.29 is 27.5 Å². The Kier molecular flexibility index (Phi) is 6.42. The Morgan fingerprint density at radius 3 is 2.65 bits per heavy atom. The van der Waals surface area contributed by atoms with Gasteiger partial charge in [-0.25, -0.2) is 4.79 Å². The minimum atomic E-state index is -4.47. The van der Waals surface area contributed by atoms with Gasteiger partial charge in [0.1, 0.15) is 11.4 Å². The number of nitrogens with zero attached hydrogens (tertiary/aromatic N) is 4. The van der Waals surface area contributed by atoms with Crippen molar-refractivity contribution in [3.63, 3.8) is 0 Å². The fraction of sp³-hybridized carbons (Fsp3) is 0.600. The van der Waals surface area contributed by atoms with Crippen LogP contribution in [0.5, 0.6) is 0 Å². The summed E-state index contributed by atoms with van der Waals surface area (Å²) in [6, 6.07) is 2.26. The Balaban J connectivity index is 1.63. The van der Waals surface area contributed by atoms with Gasteiger partial charge in [0.2, 0.25) is 5.91 Å². The normalized spacial score (nSPS) is 17.6. The molecule has 0 aromatic carbocycles. The monoisotopic (exact) mass is 441 g/mol. The topological polar surface area (TPSA) is 88.8 Å². The van der Waals surface area contributed by atoms with Crippen LogP contribution in [0.15, 0.2) is 18.3 Å². The van der Waals surface area contributed by atoms with Gasteiger partial charge in [-0.05, 0) is 45.7 Å². The molecule has 1 unspecified atom stereocenters. The SMILES string of the molecule is CC(C)(C)OC(=O)NCCC(=O)N1CCCC(c2nnc3ccc(C(F)(F)F)cn23)C1. The lowest BCUT2D eigenvalue weighted by molar-refractivity contribution is -0.137. The molecular weight excluding hydrogens is 415 g/mol. The quantitative estimate of drug-likeness (QED) is 0.786. The molecule has 3 rings (SSSR count). The fourth-order valence-electron chi connectivity index (χ4n) is 3.51. The summed E-state index contributed by atoms with van der Waals surface area (Å²) < 4.78 is 45.7. The summed E-state index contributed by atoms with van der Waals surface area (Å²) in [6.07, 6.45) is -2.57. The van der Waals surface area contributed by atoms with E-state index in [4.69, 9.17) is 4.74 Å². The number of carbonyl (C=O) groups is 2. The third kappa shape index (κ3) is 5.86. The molecule has 1 fully saturated rings. The van der Waals surface area contributed by atoms with Gasteiger partial charge in [-0.3, -0.25) is 9.20 Å². The van der Waals surface area contributed by atoms with E-state index >= 15 is 0 Å². The first-order chi connectivity index (χ1) is 14.4. The van der Waals surface area contributed by atoms with Crippen molar-refractivity contribution in [2.45, 2.75) is 57.7 Å². The molecule has 2 aromatic rings. The lowest BCUT2D eigenvalue weighted by atomic mass is 9.97. The zero-order valence-electron chi connectivity index (χ0n) is 17.7. The van der Waals surface area contributed by atoms with Crippen molar-refractivity contribution >= 4 is 17.6 Å². The molecule has 2 amide bonds. The predicted octanol–water partition coefficient (Wildman–Crippen LogP) is 3.37.